The normalized spacial score (nSPS) is 21.1. The maximum absolute atomic E-state index is 11.4. The van der Waals surface area contributed by atoms with Gasteiger partial charge in [-0.2, -0.15) is 8.42 Å². The van der Waals surface area contributed by atoms with Crippen molar-refractivity contribution in [3.63, 3.8) is 0 Å². The molecule has 0 spiro atoms. The van der Waals surface area contributed by atoms with Gasteiger partial charge in [-0.25, -0.2) is 5.14 Å². The predicted molar refractivity (Wildman–Crippen MR) is 60.0 cm³/mol. The Balaban J connectivity index is 2.66. The summed E-state index contributed by atoms with van der Waals surface area (Å²) in [6, 6.07) is -0.748. The molecule has 0 heterocycles. The number of nitrogens with two attached hydrogens (primary N) is 2. The van der Waals surface area contributed by atoms with Crippen molar-refractivity contribution in [1.29, 1.82) is 0 Å². The summed E-state index contributed by atoms with van der Waals surface area (Å²) in [7, 11) is -4.03. The average Bonchev–Trinajstić information content (AvgIpc) is 2.63. The Hall–Kier alpha value is -0.700. The Bertz CT molecular complexity index is 373. The molecule has 0 aromatic carbocycles. The van der Waals surface area contributed by atoms with Crippen molar-refractivity contribution in [2.75, 3.05) is 6.61 Å². The van der Waals surface area contributed by atoms with Crippen molar-refractivity contribution in [3.8, 4) is 0 Å². The minimum atomic E-state index is -4.03. The lowest BCUT2D eigenvalue weighted by Gasteiger charge is -2.28. The van der Waals surface area contributed by atoms with Gasteiger partial charge >= 0.3 is 16.3 Å². The van der Waals surface area contributed by atoms with Crippen LogP contribution in [0.25, 0.3) is 0 Å². The van der Waals surface area contributed by atoms with Crippen LogP contribution in [0.3, 0.4) is 0 Å². The lowest BCUT2D eigenvalue weighted by molar-refractivity contribution is -0.163. The first-order valence-corrected chi connectivity index (χ1v) is 6.87. The van der Waals surface area contributed by atoms with Crippen LogP contribution in [0.4, 0.5) is 0 Å². The lowest BCUT2D eigenvalue weighted by atomic mass is 10.0. The standard InChI is InChI=1S/C9H18N2O5S/c1-7(10)8(12)16-9(4-2-3-5-9)6-15-17(11,13)14/h7H,2-6,10H2,1H3,(H2,11,13,14)/t7-/m0/s1. The van der Waals surface area contributed by atoms with Gasteiger partial charge in [0.2, 0.25) is 0 Å². The predicted octanol–water partition coefficient (Wildman–Crippen LogP) is -0.590. The van der Waals surface area contributed by atoms with Gasteiger partial charge in [0.15, 0.2) is 0 Å². The molecule has 1 fully saturated rings. The molecule has 0 bridgehead atoms. The molecule has 1 aliphatic carbocycles. The molecule has 1 aliphatic rings. The van der Waals surface area contributed by atoms with Gasteiger partial charge in [0.05, 0.1) is 0 Å². The average molecular weight is 266 g/mol. The molecule has 0 aromatic heterocycles. The highest BCUT2D eigenvalue weighted by Crippen LogP contribution is 2.34. The van der Waals surface area contributed by atoms with Crippen LogP contribution in [0, 0.1) is 0 Å². The summed E-state index contributed by atoms with van der Waals surface area (Å²) < 4.78 is 31.3. The van der Waals surface area contributed by atoms with Gasteiger partial charge in [-0.1, -0.05) is 0 Å². The van der Waals surface area contributed by atoms with Crippen LogP contribution in [0.1, 0.15) is 32.6 Å². The monoisotopic (exact) mass is 266 g/mol. The van der Waals surface area contributed by atoms with Gasteiger partial charge in [0.25, 0.3) is 0 Å². The van der Waals surface area contributed by atoms with E-state index in [4.69, 9.17) is 15.6 Å². The van der Waals surface area contributed by atoms with Crippen LogP contribution >= 0.6 is 0 Å². The molecule has 4 N–H and O–H groups in total. The molecule has 100 valence electrons. The minimum Gasteiger partial charge on any atom is -0.455 e. The maximum Gasteiger partial charge on any atom is 0.333 e. The fraction of sp³-hybridized carbons (Fsp3) is 0.889. The van der Waals surface area contributed by atoms with Gasteiger partial charge in [-0.3, -0.25) is 8.98 Å². The minimum absolute atomic E-state index is 0.246. The lowest BCUT2D eigenvalue weighted by Crippen LogP contribution is -2.43. The first kappa shape index (κ1) is 14.4. The molecule has 1 rings (SSSR count). The second kappa shape index (κ2) is 5.30. The zero-order valence-corrected chi connectivity index (χ0v) is 10.5. The van der Waals surface area contributed by atoms with E-state index in [1.165, 1.54) is 6.92 Å². The summed E-state index contributed by atoms with van der Waals surface area (Å²) in [4.78, 5) is 11.4. The Kier molecular flexibility index (Phi) is 4.48. The third-order valence-electron chi connectivity index (χ3n) is 2.69. The number of esters is 1. The first-order chi connectivity index (χ1) is 7.74. The second-order valence-corrected chi connectivity index (χ2v) is 5.58. The summed E-state index contributed by atoms with van der Waals surface area (Å²) in [5.41, 5.74) is 4.49. The van der Waals surface area contributed by atoms with E-state index in [-0.39, 0.29) is 6.61 Å². The number of rotatable bonds is 5. The third-order valence-corrected chi connectivity index (χ3v) is 3.14. The number of carbonyl (C=O) groups excluding carboxylic acids is 1. The van der Waals surface area contributed by atoms with Gasteiger partial charge in [-0.05, 0) is 32.6 Å². The van der Waals surface area contributed by atoms with Crippen LogP contribution in [0.15, 0.2) is 0 Å². The van der Waals surface area contributed by atoms with Crippen molar-refractivity contribution < 1.29 is 22.1 Å². The highest BCUT2D eigenvalue weighted by Gasteiger charge is 2.39. The highest BCUT2D eigenvalue weighted by atomic mass is 32.2. The molecular weight excluding hydrogens is 248 g/mol. The van der Waals surface area contributed by atoms with Crippen molar-refractivity contribution in [1.82, 2.24) is 0 Å². The molecule has 0 saturated heterocycles. The SMILES string of the molecule is C[C@H](N)C(=O)OC1(COS(N)(=O)=O)CCCC1. The van der Waals surface area contributed by atoms with Gasteiger partial charge in [0, 0.05) is 0 Å². The number of hydrogen-bond acceptors (Lipinski definition) is 6. The van der Waals surface area contributed by atoms with E-state index in [2.05, 4.69) is 4.18 Å². The van der Waals surface area contributed by atoms with Crippen LogP contribution in [-0.2, 0) is 24.0 Å². The Morgan fingerprint density at radius 3 is 2.35 bits per heavy atom. The zero-order chi connectivity index (χ0) is 13.1. The molecule has 1 atom stereocenters. The first-order valence-electron chi connectivity index (χ1n) is 5.40. The van der Waals surface area contributed by atoms with Crippen LogP contribution in [-0.4, -0.2) is 32.6 Å². The van der Waals surface area contributed by atoms with Crippen LogP contribution in [0.2, 0.25) is 0 Å². The largest absolute Gasteiger partial charge is 0.455 e. The van der Waals surface area contributed by atoms with E-state index < -0.39 is 27.9 Å². The molecule has 17 heavy (non-hydrogen) atoms. The van der Waals surface area contributed by atoms with E-state index >= 15 is 0 Å². The van der Waals surface area contributed by atoms with Gasteiger partial charge in [-0.15, -0.1) is 0 Å². The molecule has 8 heteroatoms. The molecule has 7 nitrogen and oxygen atoms in total. The highest BCUT2D eigenvalue weighted by molar-refractivity contribution is 7.84. The Labute approximate surface area is 101 Å². The quantitative estimate of drug-likeness (QED) is 0.641. The summed E-state index contributed by atoms with van der Waals surface area (Å²) >= 11 is 0. The van der Waals surface area contributed by atoms with E-state index in [0.29, 0.717) is 12.8 Å². The molecule has 0 amide bonds. The zero-order valence-electron chi connectivity index (χ0n) is 9.72. The third kappa shape index (κ3) is 4.58. The maximum atomic E-state index is 11.4. The van der Waals surface area contributed by atoms with E-state index in [1.807, 2.05) is 0 Å². The van der Waals surface area contributed by atoms with Crippen LogP contribution < -0.4 is 10.9 Å². The topological polar surface area (TPSA) is 122 Å². The Morgan fingerprint density at radius 2 is 1.94 bits per heavy atom. The van der Waals surface area contributed by atoms with Crippen molar-refractivity contribution in [2.45, 2.75) is 44.2 Å². The van der Waals surface area contributed by atoms with Crippen molar-refractivity contribution in [3.05, 3.63) is 0 Å². The Morgan fingerprint density at radius 1 is 1.41 bits per heavy atom. The smallest absolute Gasteiger partial charge is 0.333 e. The summed E-state index contributed by atoms with van der Waals surface area (Å²) in [5.74, 6) is -0.565. The number of carbonyl (C=O) groups is 1. The molecule has 0 aromatic rings. The number of hydrogen-bond donors (Lipinski definition) is 2. The van der Waals surface area contributed by atoms with Crippen molar-refractivity contribution in [2.24, 2.45) is 10.9 Å². The van der Waals surface area contributed by atoms with Crippen LogP contribution in [0.5, 0.6) is 0 Å². The van der Waals surface area contributed by atoms with Gasteiger partial charge in [0.1, 0.15) is 18.2 Å². The summed E-state index contributed by atoms with van der Waals surface area (Å²) in [6.07, 6.45) is 2.81. The fourth-order valence-corrected chi connectivity index (χ4v) is 2.17. The van der Waals surface area contributed by atoms with Crippen molar-refractivity contribution >= 4 is 16.3 Å². The summed E-state index contributed by atoms with van der Waals surface area (Å²) in [5, 5.41) is 4.75. The number of ether oxygens (including phenoxy) is 1. The molecule has 1 saturated carbocycles. The molecular formula is C9H18N2O5S. The van der Waals surface area contributed by atoms with Gasteiger partial charge < -0.3 is 10.5 Å². The molecule has 0 radical (unpaired) electrons. The van der Waals surface area contributed by atoms with E-state index in [1.54, 1.807) is 0 Å². The molecule has 0 aliphatic heterocycles. The van der Waals surface area contributed by atoms with E-state index in [9.17, 15) is 13.2 Å². The summed E-state index contributed by atoms with van der Waals surface area (Å²) in [6.45, 7) is 1.26. The second-order valence-electron chi connectivity index (χ2n) is 4.35. The molecule has 0 unspecified atom stereocenters. The van der Waals surface area contributed by atoms with E-state index in [0.717, 1.165) is 12.8 Å². The fourth-order valence-electron chi connectivity index (χ4n) is 1.79.